The van der Waals surface area contributed by atoms with Crippen LogP contribution in [0.1, 0.15) is 28.9 Å². The number of nitrogens with two attached hydrogens (primary N) is 1. The molecule has 0 saturated heterocycles. The average Bonchev–Trinajstić information content (AvgIpc) is 3.19. The Labute approximate surface area is 179 Å². The summed E-state index contributed by atoms with van der Waals surface area (Å²) in [7, 11) is 1.31. The molecule has 2 heterocycles. The SMILES string of the molecule is COc1ccc(-c2nc(C(=O)NCC(=N)C(C)=N)c(CN)o2)c2ccc(C(F)(F)F)nc12. The Morgan fingerprint density at radius 2 is 1.94 bits per heavy atom. The molecular weight excluding hydrogens is 429 g/mol. The number of hydrogen-bond acceptors (Lipinski definition) is 8. The lowest BCUT2D eigenvalue weighted by Crippen LogP contribution is -2.32. The van der Waals surface area contributed by atoms with Gasteiger partial charge in [0.1, 0.15) is 17.0 Å². The summed E-state index contributed by atoms with van der Waals surface area (Å²) in [5.41, 5.74) is 4.62. The van der Waals surface area contributed by atoms with Gasteiger partial charge in [0.15, 0.2) is 11.5 Å². The summed E-state index contributed by atoms with van der Waals surface area (Å²) >= 11 is 0. The molecule has 0 radical (unpaired) electrons. The zero-order valence-corrected chi connectivity index (χ0v) is 17.1. The van der Waals surface area contributed by atoms with Gasteiger partial charge in [-0.1, -0.05) is 0 Å². The molecule has 0 aliphatic heterocycles. The standard InChI is InChI=1S/C20H19F3N6O3/c1-9(25)12(26)8-27-18(30)17-14(7-24)32-19(29-17)11-3-5-13(31-2)16-10(11)4-6-15(28-16)20(21,22)23/h3-6,25-26H,7-8,24H2,1-2H3,(H,27,30). The monoisotopic (exact) mass is 448 g/mol. The van der Waals surface area contributed by atoms with E-state index in [0.717, 1.165) is 6.07 Å². The van der Waals surface area contributed by atoms with Crippen molar-refractivity contribution in [3.63, 3.8) is 0 Å². The van der Waals surface area contributed by atoms with Gasteiger partial charge in [-0.05, 0) is 31.2 Å². The molecule has 12 heteroatoms. The number of nitrogens with zero attached hydrogens (tertiary/aromatic N) is 2. The van der Waals surface area contributed by atoms with Crippen LogP contribution in [0.4, 0.5) is 13.2 Å². The quantitative estimate of drug-likeness (QED) is 0.408. The van der Waals surface area contributed by atoms with E-state index in [1.165, 1.54) is 32.2 Å². The third-order valence-corrected chi connectivity index (χ3v) is 4.54. The molecule has 3 aromatic rings. The number of benzene rings is 1. The zero-order valence-electron chi connectivity index (χ0n) is 17.1. The summed E-state index contributed by atoms with van der Waals surface area (Å²) in [5, 5.41) is 17.7. The molecule has 32 heavy (non-hydrogen) atoms. The number of alkyl halides is 3. The summed E-state index contributed by atoms with van der Waals surface area (Å²) < 4.78 is 50.1. The number of fused-ring (bicyclic) bond motifs is 1. The largest absolute Gasteiger partial charge is 0.494 e. The molecule has 0 aliphatic rings. The molecule has 0 saturated carbocycles. The van der Waals surface area contributed by atoms with Crippen LogP contribution in [0.3, 0.4) is 0 Å². The molecule has 0 aliphatic carbocycles. The number of ether oxygens (including phenoxy) is 1. The van der Waals surface area contributed by atoms with Crippen molar-refractivity contribution < 1.29 is 27.1 Å². The molecule has 9 nitrogen and oxygen atoms in total. The second kappa shape index (κ2) is 8.75. The molecule has 0 unspecified atom stereocenters. The zero-order chi connectivity index (χ0) is 23.6. The molecule has 2 aromatic heterocycles. The first-order valence-corrected chi connectivity index (χ1v) is 9.23. The second-order valence-electron chi connectivity index (χ2n) is 6.69. The first-order valence-electron chi connectivity index (χ1n) is 9.23. The lowest BCUT2D eigenvalue weighted by atomic mass is 10.1. The van der Waals surface area contributed by atoms with Gasteiger partial charge in [0.2, 0.25) is 5.89 Å². The number of amides is 1. The number of carbonyl (C=O) groups is 1. The molecule has 0 atom stereocenters. The van der Waals surface area contributed by atoms with Gasteiger partial charge in [-0.15, -0.1) is 0 Å². The molecule has 0 spiro atoms. The first kappa shape index (κ1) is 22.9. The number of carbonyl (C=O) groups excluding carboxylic acids is 1. The fraction of sp³-hybridized carbons (Fsp3) is 0.250. The molecule has 5 N–H and O–H groups in total. The molecule has 1 aromatic carbocycles. The van der Waals surface area contributed by atoms with Crippen LogP contribution in [0, 0.1) is 10.8 Å². The minimum Gasteiger partial charge on any atom is -0.494 e. The van der Waals surface area contributed by atoms with Gasteiger partial charge in [-0.3, -0.25) is 4.79 Å². The van der Waals surface area contributed by atoms with E-state index in [-0.39, 0.29) is 58.5 Å². The van der Waals surface area contributed by atoms with Gasteiger partial charge in [0, 0.05) is 10.9 Å². The van der Waals surface area contributed by atoms with E-state index in [2.05, 4.69) is 15.3 Å². The predicted molar refractivity (Wildman–Crippen MR) is 110 cm³/mol. The lowest BCUT2D eigenvalue weighted by molar-refractivity contribution is -0.140. The first-order chi connectivity index (χ1) is 15.1. The van der Waals surface area contributed by atoms with Crippen LogP contribution in [0.5, 0.6) is 5.75 Å². The Kier molecular flexibility index (Phi) is 6.25. The van der Waals surface area contributed by atoms with Gasteiger partial charge in [0.05, 0.1) is 31.6 Å². The maximum atomic E-state index is 13.1. The molecule has 3 rings (SSSR count). The molecule has 0 fully saturated rings. The van der Waals surface area contributed by atoms with Crippen molar-refractivity contribution in [1.82, 2.24) is 15.3 Å². The lowest BCUT2D eigenvalue weighted by Gasteiger charge is -2.11. The van der Waals surface area contributed by atoms with E-state index >= 15 is 0 Å². The second-order valence-corrected chi connectivity index (χ2v) is 6.69. The van der Waals surface area contributed by atoms with Crippen LogP contribution in [-0.2, 0) is 12.7 Å². The maximum absolute atomic E-state index is 13.1. The third kappa shape index (κ3) is 4.44. The minimum absolute atomic E-state index is 0.000573. The van der Waals surface area contributed by atoms with Gasteiger partial charge in [-0.2, -0.15) is 13.2 Å². The minimum atomic E-state index is -4.64. The number of halogens is 3. The predicted octanol–water partition coefficient (Wildman–Crippen LogP) is 3.17. The van der Waals surface area contributed by atoms with Crippen molar-refractivity contribution in [2.45, 2.75) is 19.6 Å². The summed E-state index contributed by atoms with van der Waals surface area (Å²) in [6, 6.07) is 5.00. The number of nitrogens with one attached hydrogen (secondary N) is 3. The Balaban J connectivity index is 2.06. The number of hydrogen-bond donors (Lipinski definition) is 4. The Morgan fingerprint density at radius 1 is 1.22 bits per heavy atom. The van der Waals surface area contributed by atoms with E-state index in [0.29, 0.717) is 5.56 Å². The molecule has 168 valence electrons. The summed E-state index contributed by atoms with van der Waals surface area (Å²) in [6.07, 6.45) is -4.64. The molecule has 0 bridgehead atoms. The van der Waals surface area contributed by atoms with Crippen LogP contribution in [0.25, 0.3) is 22.4 Å². The maximum Gasteiger partial charge on any atom is 0.433 e. The Morgan fingerprint density at radius 3 is 2.53 bits per heavy atom. The van der Waals surface area contributed by atoms with E-state index in [1.54, 1.807) is 0 Å². The van der Waals surface area contributed by atoms with Crippen molar-refractivity contribution in [3.05, 3.63) is 41.4 Å². The van der Waals surface area contributed by atoms with Crippen LogP contribution >= 0.6 is 0 Å². The molecular formula is C20H19F3N6O3. The fourth-order valence-corrected chi connectivity index (χ4v) is 2.87. The topological polar surface area (TPSA) is 151 Å². The van der Waals surface area contributed by atoms with Crippen molar-refractivity contribution in [3.8, 4) is 17.2 Å². The molecule has 1 amide bonds. The number of pyridine rings is 1. The van der Waals surface area contributed by atoms with E-state index in [4.69, 9.17) is 25.7 Å². The highest BCUT2D eigenvalue weighted by Gasteiger charge is 2.33. The highest BCUT2D eigenvalue weighted by molar-refractivity contribution is 6.40. The van der Waals surface area contributed by atoms with Gasteiger partial charge < -0.3 is 31.0 Å². The highest BCUT2D eigenvalue weighted by Crippen LogP contribution is 2.36. The van der Waals surface area contributed by atoms with E-state index < -0.39 is 17.8 Å². The van der Waals surface area contributed by atoms with Crippen molar-refractivity contribution in [2.24, 2.45) is 5.73 Å². The summed E-state index contributed by atoms with van der Waals surface area (Å²) in [4.78, 5) is 20.4. The van der Waals surface area contributed by atoms with Crippen LogP contribution in [-0.4, -0.2) is 41.0 Å². The van der Waals surface area contributed by atoms with Crippen molar-refractivity contribution in [1.29, 1.82) is 10.8 Å². The fourth-order valence-electron chi connectivity index (χ4n) is 2.87. The van der Waals surface area contributed by atoms with Gasteiger partial charge in [0.25, 0.3) is 5.91 Å². The number of oxazole rings is 1. The van der Waals surface area contributed by atoms with E-state index in [9.17, 15) is 18.0 Å². The Hall–Kier alpha value is -3.80. The Bertz CT molecular complexity index is 1220. The van der Waals surface area contributed by atoms with Crippen LogP contribution < -0.4 is 15.8 Å². The van der Waals surface area contributed by atoms with Gasteiger partial charge >= 0.3 is 6.18 Å². The highest BCUT2D eigenvalue weighted by atomic mass is 19.4. The van der Waals surface area contributed by atoms with Gasteiger partial charge in [-0.25, -0.2) is 9.97 Å². The normalized spacial score (nSPS) is 11.4. The number of methoxy groups -OCH3 is 1. The van der Waals surface area contributed by atoms with Crippen molar-refractivity contribution in [2.75, 3.05) is 13.7 Å². The number of rotatable bonds is 7. The summed E-state index contributed by atoms with van der Waals surface area (Å²) in [6.45, 7) is 1.07. The summed E-state index contributed by atoms with van der Waals surface area (Å²) in [5.74, 6) is -0.525. The smallest absolute Gasteiger partial charge is 0.433 e. The van der Waals surface area contributed by atoms with Crippen molar-refractivity contribution >= 4 is 28.2 Å². The third-order valence-electron chi connectivity index (χ3n) is 4.54. The average molecular weight is 448 g/mol. The van der Waals surface area contributed by atoms with E-state index in [1.807, 2.05) is 0 Å². The van der Waals surface area contributed by atoms with Crippen LogP contribution in [0.2, 0.25) is 0 Å². The number of aromatic nitrogens is 2. The van der Waals surface area contributed by atoms with Crippen LogP contribution in [0.15, 0.2) is 28.7 Å².